The molecule has 0 unspecified atom stereocenters. The Bertz CT molecular complexity index is 755. The van der Waals surface area contributed by atoms with Gasteiger partial charge in [-0.25, -0.2) is 4.98 Å². The molecule has 90 valence electrons. The van der Waals surface area contributed by atoms with Gasteiger partial charge in [-0.05, 0) is 18.2 Å². The summed E-state index contributed by atoms with van der Waals surface area (Å²) in [5.41, 5.74) is 1.29. The molecule has 0 saturated heterocycles. The van der Waals surface area contributed by atoms with Gasteiger partial charge in [-0.3, -0.25) is 4.98 Å². The molecular weight excluding hydrogens is 238 g/mol. The van der Waals surface area contributed by atoms with Crippen LogP contribution in [0.3, 0.4) is 0 Å². The Morgan fingerprint density at radius 3 is 2.68 bits per heavy atom. The van der Waals surface area contributed by atoms with E-state index in [1.165, 1.54) is 6.20 Å². The zero-order chi connectivity index (χ0) is 13.1. The summed E-state index contributed by atoms with van der Waals surface area (Å²) in [6.45, 7) is 0. The van der Waals surface area contributed by atoms with Crippen molar-refractivity contribution in [2.75, 3.05) is 0 Å². The first kappa shape index (κ1) is 11.2. The van der Waals surface area contributed by atoms with Crippen molar-refractivity contribution in [1.82, 2.24) is 9.97 Å². The predicted molar refractivity (Wildman–Crippen MR) is 70.8 cm³/mol. The first-order chi connectivity index (χ1) is 9.36. The van der Waals surface area contributed by atoms with Crippen LogP contribution in [0.15, 0.2) is 54.9 Å². The van der Waals surface area contributed by atoms with E-state index in [0.29, 0.717) is 17.2 Å². The number of rotatable bonds is 2. The molecule has 2 heterocycles. The highest BCUT2D eigenvalue weighted by Crippen LogP contribution is 2.26. The minimum atomic E-state index is 0.442. The van der Waals surface area contributed by atoms with E-state index in [-0.39, 0.29) is 0 Å². The van der Waals surface area contributed by atoms with Gasteiger partial charge < -0.3 is 4.74 Å². The molecule has 3 rings (SSSR count). The maximum Gasteiger partial charge on any atom is 0.219 e. The first-order valence-electron chi connectivity index (χ1n) is 5.74. The average Bonchev–Trinajstić information content (AvgIpc) is 2.48. The van der Waals surface area contributed by atoms with Crippen LogP contribution in [-0.2, 0) is 0 Å². The average molecular weight is 247 g/mol. The number of para-hydroxylation sites is 1. The van der Waals surface area contributed by atoms with Crippen LogP contribution in [0.4, 0.5) is 0 Å². The second-order valence-electron chi connectivity index (χ2n) is 3.93. The standard InChI is InChI=1S/C15H9N3O/c16-9-11-6-7-14(18-10-11)19-13-5-1-3-12-4-2-8-17-15(12)13/h1-8,10H. The zero-order valence-electron chi connectivity index (χ0n) is 9.95. The lowest BCUT2D eigenvalue weighted by molar-refractivity contribution is 0.467. The predicted octanol–water partition coefficient (Wildman–Crippen LogP) is 3.29. The maximum absolute atomic E-state index is 8.72. The van der Waals surface area contributed by atoms with Gasteiger partial charge in [0.2, 0.25) is 5.88 Å². The Labute approximate surface area is 109 Å². The molecule has 0 aliphatic rings. The van der Waals surface area contributed by atoms with Crippen molar-refractivity contribution in [1.29, 1.82) is 5.26 Å². The molecule has 0 radical (unpaired) electrons. The summed E-state index contributed by atoms with van der Waals surface area (Å²) in [4.78, 5) is 8.39. The molecule has 0 aliphatic heterocycles. The third-order valence-corrected chi connectivity index (χ3v) is 2.68. The highest BCUT2D eigenvalue weighted by molar-refractivity contribution is 5.84. The fourth-order valence-electron chi connectivity index (χ4n) is 1.78. The number of aromatic nitrogens is 2. The van der Waals surface area contributed by atoms with E-state index in [4.69, 9.17) is 10.00 Å². The molecule has 1 aromatic carbocycles. The van der Waals surface area contributed by atoms with Crippen molar-refractivity contribution in [3.63, 3.8) is 0 Å². The van der Waals surface area contributed by atoms with Gasteiger partial charge in [0.05, 0.1) is 5.56 Å². The van der Waals surface area contributed by atoms with Crippen LogP contribution in [-0.4, -0.2) is 9.97 Å². The third kappa shape index (κ3) is 2.22. The highest BCUT2D eigenvalue weighted by Gasteiger charge is 2.04. The molecule has 0 amide bonds. The van der Waals surface area contributed by atoms with Gasteiger partial charge in [-0.2, -0.15) is 5.26 Å². The van der Waals surface area contributed by atoms with E-state index in [1.54, 1.807) is 18.3 Å². The molecule has 0 bridgehead atoms. The topological polar surface area (TPSA) is 58.8 Å². The van der Waals surface area contributed by atoms with E-state index < -0.39 is 0 Å². The number of fused-ring (bicyclic) bond motifs is 1. The molecule has 2 aromatic heterocycles. The summed E-state index contributed by atoms with van der Waals surface area (Å²) in [7, 11) is 0. The molecule has 0 fully saturated rings. The minimum absolute atomic E-state index is 0.442. The van der Waals surface area contributed by atoms with Crippen molar-refractivity contribution in [3.05, 3.63) is 60.4 Å². The molecule has 19 heavy (non-hydrogen) atoms. The van der Waals surface area contributed by atoms with Crippen LogP contribution in [0.1, 0.15) is 5.56 Å². The number of pyridine rings is 2. The summed E-state index contributed by atoms with van der Waals surface area (Å²) >= 11 is 0. The van der Waals surface area contributed by atoms with Crippen molar-refractivity contribution < 1.29 is 4.74 Å². The molecule has 4 heteroatoms. The lowest BCUT2D eigenvalue weighted by Gasteiger charge is -2.06. The lowest BCUT2D eigenvalue weighted by Crippen LogP contribution is -1.90. The molecule has 3 aromatic rings. The molecule has 0 atom stereocenters. The largest absolute Gasteiger partial charge is 0.437 e. The lowest BCUT2D eigenvalue weighted by atomic mass is 10.2. The second-order valence-corrected chi connectivity index (χ2v) is 3.93. The molecule has 4 nitrogen and oxygen atoms in total. The second kappa shape index (κ2) is 4.75. The summed E-state index contributed by atoms with van der Waals surface area (Å²) in [5, 5.41) is 9.73. The first-order valence-corrected chi connectivity index (χ1v) is 5.74. The van der Waals surface area contributed by atoms with E-state index in [1.807, 2.05) is 36.4 Å². The molecular formula is C15H9N3O. The van der Waals surface area contributed by atoms with E-state index in [0.717, 1.165) is 10.9 Å². The summed E-state index contributed by atoms with van der Waals surface area (Å²) in [6, 6.07) is 14.9. The number of nitrogens with zero attached hydrogens (tertiary/aromatic N) is 3. The molecule has 0 saturated carbocycles. The summed E-state index contributed by atoms with van der Waals surface area (Å²) < 4.78 is 5.71. The Morgan fingerprint density at radius 2 is 1.89 bits per heavy atom. The van der Waals surface area contributed by atoms with Gasteiger partial charge in [-0.1, -0.05) is 18.2 Å². The molecule has 0 spiro atoms. The van der Waals surface area contributed by atoms with Gasteiger partial charge in [0, 0.05) is 23.8 Å². The Hall–Kier alpha value is -2.93. The monoisotopic (exact) mass is 247 g/mol. The van der Waals surface area contributed by atoms with Gasteiger partial charge in [0.25, 0.3) is 0 Å². The van der Waals surface area contributed by atoms with E-state index in [9.17, 15) is 0 Å². The summed E-state index contributed by atoms with van der Waals surface area (Å²) in [6.07, 6.45) is 3.20. The Kier molecular flexibility index (Phi) is 2.79. The van der Waals surface area contributed by atoms with Gasteiger partial charge in [-0.15, -0.1) is 0 Å². The fraction of sp³-hybridized carbons (Fsp3) is 0. The van der Waals surface area contributed by atoms with Crippen LogP contribution in [0.25, 0.3) is 10.9 Å². The van der Waals surface area contributed by atoms with Crippen molar-refractivity contribution >= 4 is 10.9 Å². The Morgan fingerprint density at radius 1 is 1.00 bits per heavy atom. The van der Waals surface area contributed by atoms with Crippen LogP contribution >= 0.6 is 0 Å². The van der Waals surface area contributed by atoms with Crippen LogP contribution in [0, 0.1) is 11.3 Å². The highest BCUT2D eigenvalue weighted by atomic mass is 16.5. The van der Waals surface area contributed by atoms with Crippen LogP contribution < -0.4 is 4.74 Å². The van der Waals surface area contributed by atoms with Gasteiger partial charge in [0.15, 0.2) is 5.75 Å². The van der Waals surface area contributed by atoms with Crippen molar-refractivity contribution in [2.45, 2.75) is 0 Å². The van der Waals surface area contributed by atoms with Crippen molar-refractivity contribution in [2.24, 2.45) is 0 Å². The van der Waals surface area contributed by atoms with Gasteiger partial charge in [0.1, 0.15) is 11.6 Å². The quantitative estimate of drug-likeness (QED) is 0.697. The van der Waals surface area contributed by atoms with Crippen molar-refractivity contribution in [3.8, 4) is 17.7 Å². The number of ether oxygens (including phenoxy) is 1. The number of hydrogen-bond donors (Lipinski definition) is 0. The van der Waals surface area contributed by atoms with E-state index >= 15 is 0 Å². The Balaban J connectivity index is 1.99. The smallest absolute Gasteiger partial charge is 0.219 e. The van der Waals surface area contributed by atoms with Crippen LogP contribution in [0.2, 0.25) is 0 Å². The maximum atomic E-state index is 8.72. The summed E-state index contributed by atoms with van der Waals surface area (Å²) in [5.74, 6) is 1.09. The normalized spacial score (nSPS) is 10.1. The van der Waals surface area contributed by atoms with Crippen LogP contribution in [0.5, 0.6) is 11.6 Å². The van der Waals surface area contributed by atoms with Gasteiger partial charge >= 0.3 is 0 Å². The van der Waals surface area contributed by atoms with E-state index in [2.05, 4.69) is 9.97 Å². The number of hydrogen-bond acceptors (Lipinski definition) is 4. The zero-order valence-corrected chi connectivity index (χ0v) is 9.95. The number of benzene rings is 1. The molecule has 0 N–H and O–H groups in total. The minimum Gasteiger partial charge on any atom is -0.437 e. The fourth-order valence-corrected chi connectivity index (χ4v) is 1.78. The number of nitriles is 1. The SMILES string of the molecule is N#Cc1ccc(Oc2cccc3cccnc23)nc1. The third-order valence-electron chi connectivity index (χ3n) is 2.68. The molecule has 0 aliphatic carbocycles.